The Bertz CT molecular complexity index is 1310. The number of nitrogens with one attached hydrogen (secondary N) is 1. The van der Waals surface area contributed by atoms with Crippen molar-refractivity contribution in [3.05, 3.63) is 106 Å². The van der Waals surface area contributed by atoms with Crippen molar-refractivity contribution in [2.45, 2.75) is 25.5 Å². The molecular weight excluding hydrogens is 449 g/mol. The van der Waals surface area contributed by atoms with Gasteiger partial charge in [0, 0.05) is 11.4 Å². The van der Waals surface area contributed by atoms with Crippen LogP contribution in [0, 0.1) is 31.0 Å². The number of anilines is 2. The van der Waals surface area contributed by atoms with Crippen molar-refractivity contribution in [2.24, 2.45) is 0 Å². The molecule has 1 N–H and O–H groups in total. The summed E-state index contributed by atoms with van der Waals surface area (Å²) in [5, 5.41) is 12.3. The van der Waals surface area contributed by atoms with Gasteiger partial charge in [0.2, 0.25) is 5.91 Å². The molecular formula is C27H22FN3O2S. The fourth-order valence-electron chi connectivity index (χ4n) is 3.68. The summed E-state index contributed by atoms with van der Waals surface area (Å²) >= 11 is 1.22. The maximum atomic E-state index is 13.5. The van der Waals surface area contributed by atoms with Gasteiger partial charge in [-0.1, -0.05) is 53.7 Å². The van der Waals surface area contributed by atoms with Crippen LogP contribution < -0.4 is 10.2 Å². The van der Waals surface area contributed by atoms with Gasteiger partial charge in [0.05, 0.1) is 5.25 Å². The van der Waals surface area contributed by atoms with Crippen LogP contribution in [-0.2, 0) is 16.0 Å². The van der Waals surface area contributed by atoms with Gasteiger partial charge in [-0.15, -0.1) is 0 Å². The first-order valence-corrected chi connectivity index (χ1v) is 11.6. The monoisotopic (exact) mass is 471 g/mol. The van der Waals surface area contributed by atoms with Crippen molar-refractivity contribution < 1.29 is 14.0 Å². The first kappa shape index (κ1) is 23.3. The van der Waals surface area contributed by atoms with Crippen molar-refractivity contribution in [1.29, 1.82) is 5.26 Å². The fraction of sp³-hybridized carbons (Fsp3) is 0.148. The SMILES string of the molecule is Cc1ccc(N2C(=O)C(Cc3ccccc3C)S/C2=C(\C#N)C(=O)Nc2ccc(F)cc2)cc1. The second-order valence-electron chi connectivity index (χ2n) is 8.00. The molecule has 4 rings (SSSR count). The number of nitrogens with zero attached hydrogens (tertiary/aromatic N) is 2. The number of carbonyl (C=O) groups is 2. The van der Waals surface area contributed by atoms with Gasteiger partial charge in [-0.05, 0) is 67.8 Å². The van der Waals surface area contributed by atoms with Crippen molar-refractivity contribution >= 4 is 35.0 Å². The molecule has 0 aliphatic carbocycles. The fourth-order valence-corrected chi connectivity index (χ4v) is 4.98. The third-order valence-corrected chi connectivity index (χ3v) is 6.83. The van der Waals surface area contributed by atoms with Gasteiger partial charge in [0.15, 0.2) is 0 Å². The lowest BCUT2D eigenvalue weighted by molar-refractivity contribution is -0.117. The molecule has 7 heteroatoms. The maximum Gasteiger partial charge on any atom is 0.269 e. The zero-order valence-electron chi connectivity index (χ0n) is 18.7. The number of hydrogen-bond donors (Lipinski definition) is 1. The number of carbonyl (C=O) groups excluding carboxylic acids is 2. The lowest BCUT2D eigenvalue weighted by Gasteiger charge is -2.19. The standard InChI is InChI=1S/C27H22FN3O2S/c1-17-7-13-22(14-8-17)31-26(33)24(15-19-6-4-3-5-18(19)2)34-27(31)23(16-29)25(32)30-21-11-9-20(28)10-12-21/h3-14,24H,15H2,1-2H3,(H,30,32)/b27-23+. The van der Waals surface area contributed by atoms with Gasteiger partial charge in [0.1, 0.15) is 22.5 Å². The van der Waals surface area contributed by atoms with Crippen LogP contribution in [-0.4, -0.2) is 17.1 Å². The van der Waals surface area contributed by atoms with Crippen LogP contribution in [0.15, 0.2) is 83.4 Å². The molecule has 1 aliphatic heterocycles. The summed E-state index contributed by atoms with van der Waals surface area (Å²) in [4.78, 5) is 28.0. The van der Waals surface area contributed by atoms with E-state index in [4.69, 9.17) is 0 Å². The summed E-state index contributed by atoms with van der Waals surface area (Å²) in [6.07, 6.45) is 0.473. The molecule has 0 spiro atoms. The molecule has 1 aliphatic rings. The first-order chi connectivity index (χ1) is 16.4. The van der Waals surface area contributed by atoms with Crippen molar-refractivity contribution in [1.82, 2.24) is 0 Å². The van der Waals surface area contributed by atoms with Crippen LogP contribution in [0.25, 0.3) is 0 Å². The highest BCUT2D eigenvalue weighted by molar-refractivity contribution is 8.05. The molecule has 1 unspecified atom stereocenters. The average Bonchev–Trinajstić information content (AvgIpc) is 3.13. The third-order valence-electron chi connectivity index (χ3n) is 5.57. The zero-order valence-corrected chi connectivity index (χ0v) is 19.5. The summed E-state index contributed by atoms with van der Waals surface area (Å²) in [7, 11) is 0. The topological polar surface area (TPSA) is 73.2 Å². The largest absolute Gasteiger partial charge is 0.321 e. The molecule has 1 atom stereocenters. The first-order valence-electron chi connectivity index (χ1n) is 10.7. The molecule has 2 amide bonds. The molecule has 1 saturated heterocycles. The van der Waals surface area contributed by atoms with Crippen LogP contribution >= 0.6 is 11.8 Å². The highest BCUT2D eigenvalue weighted by Gasteiger charge is 2.41. The minimum Gasteiger partial charge on any atom is -0.321 e. The van der Waals surface area contributed by atoms with E-state index in [2.05, 4.69) is 5.32 Å². The van der Waals surface area contributed by atoms with E-state index in [-0.39, 0.29) is 16.5 Å². The zero-order chi connectivity index (χ0) is 24.2. The summed E-state index contributed by atoms with van der Waals surface area (Å²) < 4.78 is 13.2. The summed E-state index contributed by atoms with van der Waals surface area (Å²) in [6.45, 7) is 3.93. The molecule has 0 aromatic heterocycles. The molecule has 3 aromatic rings. The van der Waals surface area contributed by atoms with E-state index in [0.29, 0.717) is 17.8 Å². The van der Waals surface area contributed by atoms with E-state index < -0.39 is 17.0 Å². The number of halogens is 1. The Balaban J connectivity index is 1.73. The number of benzene rings is 3. The van der Waals surface area contributed by atoms with E-state index in [9.17, 15) is 19.2 Å². The molecule has 0 radical (unpaired) electrons. The predicted molar refractivity (Wildman–Crippen MR) is 133 cm³/mol. The third kappa shape index (κ3) is 4.87. The van der Waals surface area contributed by atoms with Gasteiger partial charge in [-0.3, -0.25) is 14.5 Å². The summed E-state index contributed by atoms with van der Waals surface area (Å²) in [5.41, 5.74) is 3.91. The van der Waals surface area contributed by atoms with Gasteiger partial charge < -0.3 is 5.32 Å². The van der Waals surface area contributed by atoms with Crippen LogP contribution in [0.1, 0.15) is 16.7 Å². The van der Waals surface area contributed by atoms with Gasteiger partial charge in [0.25, 0.3) is 5.91 Å². The normalized spacial score (nSPS) is 16.8. The Morgan fingerprint density at radius 3 is 2.38 bits per heavy atom. The van der Waals surface area contributed by atoms with Crippen molar-refractivity contribution in [3.8, 4) is 6.07 Å². The van der Waals surface area contributed by atoms with Crippen LogP contribution in [0.2, 0.25) is 0 Å². The van der Waals surface area contributed by atoms with Crippen LogP contribution in [0.3, 0.4) is 0 Å². The summed E-state index contributed by atoms with van der Waals surface area (Å²) in [5.74, 6) is -1.27. The van der Waals surface area contributed by atoms with E-state index in [1.165, 1.54) is 40.9 Å². The van der Waals surface area contributed by atoms with E-state index in [0.717, 1.165) is 16.7 Å². The number of nitriles is 1. The molecule has 1 heterocycles. The highest BCUT2D eigenvalue weighted by Crippen LogP contribution is 2.42. The lowest BCUT2D eigenvalue weighted by atomic mass is 10.0. The second-order valence-corrected chi connectivity index (χ2v) is 9.19. The minimum absolute atomic E-state index is 0.171. The molecule has 1 fully saturated rings. The number of thioether (sulfide) groups is 1. The molecule has 5 nitrogen and oxygen atoms in total. The number of rotatable bonds is 5. The van der Waals surface area contributed by atoms with Gasteiger partial charge in [-0.25, -0.2) is 4.39 Å². The predicted octanol–water partition coefficient (Wildman–Crippen LogP) is 5.51. The molecule has 170 valence electrons. The smallest absolute Gasteiger partial charge is 0.269 e. The molecule has 0 bridgehead atoms. The second kappa shape index (κ2) is 9.94. The molecule has 34 heavy (non-hydrogen) atoms. The van der Waals surface area contributed by atoms with Gasteiger partial charge in [-0.2, -0.15) is 5.26 Å². The molecule has 0 saturated carbocycles. The van der Waals surface area contributed by atoms with Crippen molar-refractivity contribution in [3.63, 3.8) is 0 Å². The maximum absolute atomic E-state index is 13.5. The minimum atomic E-state index is -0.655. The number of amides is 2. The average molecular weight is 472 g/mol. The molecule has 3 aromatic carbocycles. The Kier molecular flexibility index (Phi) is 6.80. The Hall–Kier alpha value is -3.89. The Morgan fingerprint density at radius 2 is 1.74 bits per heavy atom. The van der Waals surface area contributed by atoms with Crippen LogP contribution in [0.5, 0.6) is 0 Å². The summed E-state index contributed by atoms with van der Waals surface area (Å²) in [6, 6.07) is 22.5. The quantitative estimate of drug-likeness (QED) is 0.394. The highest BCUT2D eigenvalue weighted by atomic mass is 32.2. The van der Waals surface area contributed by atoms with Gasteiger partial charge >= 0.3 is 0 Å². The number of hydrogen-bond acceptors (Lipinski definition) is 4. The van der Waals surface area contributed by atoms with Crippen LogP contribution in [0.4, 0.5) is 15.8 Å². The number of aryl methyl sites for hydroxylation is 2. The van der Waals surface area contributed by atoms with E-state index in [1.54, 1.807) is 12.1 Å². The Morgan fingerprint density at radius 1 is 1.06 bits per heavy atom. The lowest BCUT2D eigenvalue weighted by Crippen LogP contribution is -2.31. The Labute approximate surface area is 201 Å². The van der Waals surface area contributed by atoms with E-state index >= 15 is 0 Å². The van der Waals surface area contributed by atoms with Crippen molar-refractivity contribution in [2.75, 3.05) is 10.2 Å². The van der Waals surface area contributed by atoms with E-state index in [1.807, 2.05) is 56.3 Å².